The van der Waals surface area contributed by atoms with Crippen molar-refractivity contribution in [1.82, 2.24) is 10.3 Å². The second-order valence-electron chi connectivity index (χ2n) is 5.08. The lowest BCUT2D eigenvalue weighted by Crippen LogP contribution is -2.43. The number of aromatic nitrogens is 1. The molecule has 0 saturated heterocycles. The summed E-state index contributed by atoms with van der Waals surface area (Å²) in [5, 5.41) is 11.6. The fraction of sp³-hybridized carbons (Fsp3) is 0.462. The summed E-state index contributed by atoms with van der Waals surface area (Å²) in [5.74, 6) is -1.11. The molecular formula is C13H17N3O3. The SMILES string of the molecule is Nc1ccc(C(=O)NCC2(CC(=O)O)CCC2)nc1. The second-order valence-corrected chi connectivity index (χ2v) is 5.08. The standard InChI is InChI=1S/C13H17N3O3/c14-9-2-3-10(15-7-9)12(19)16-8-13(4-1-5-13)6-11(17)18/h2-3,7H,1,4-6,8,14H2,(H,16,19)(H,17,18). The molecule has 1 amide bonds. The van der Waals surface area contributed by atoms with E-state index in [2.05, 4.69) is 10.3 Å². The van der Waals surface area contributed by atoms with Crippen molar-refractivity contribution in [3.63, 3.8) is 0 Å². The number of nitrogens with two attached hydrogens (primary N) is 1. The minimum atomic E-state index is -0.820. The van der Waals surface area contributed by atoms with Gasteiger partial charge in [0.1, 0.15) is 5.69 Å². The fourth-order valence-electron chi connectivity index (χ4n) is 2.31. The Kier molecular flexibility index (Phi) is 3.69. The predicted octanol–water partition coefficient (Wildman–Crippen LogP) is 1.04. The molecule has 6 nitrogen and oxygen atoms in total. The first-order valence-electron chi connectivity index (χ1n) is 6.22. The molecule has 1 aromatic rings. The summed E-state index contributed by atoms with van der Waals surface area (Å²) in [7, 11) is 0. The van der Waals surface area contributed by atoms with Gasteiger partial charge in [0, 0.05) is 6.54 Å². The van der Waals surface area contributed by atoms with Crippen molar-refractivity contribution in [1.29, 1.82) is 0 Å². The molecule has 1 aliphatic carbocycles. The van der Waals surface area contributed by atoms with Crippen LogP contribution in [0.2, 0.25) is 0 Å². The predicted molar refractivity (Wildman–Crippen MR) is 69.5 cm³/mol. The Hall–Kier alpha value is -2.11. The maximum absolute atomic E-state index is 11.9. The highest BCUT2D eigenvalue weighted by atomic mass is 16.4. The summed E-state index contributed by atoms with van der Waals surface area (Å²) >= 11 is 0. The lowest BCUT2D eigenvalue weighted by Gasteiger charge is -2.40. The first-order chi connectivity index (χ1) is 9.01. The first-order valence-corrected chi connectivity index (χ1v) is 6.22. The number of hydrogen-bond donors (Lipinski definition) is 3. The molecule has 0 aliphatic heterocycles. The summed E-state index contributed by atoms with van der Waals surface area (Å²) in [6.45, 7) is 0.379. The number of rotatable bonds is 5. The van der Waals surface area contributed by atoms with Gasteiger partial charge in [-0.1, -0.05) is 6.42 Å². The third-order valence-electron chi connectivity index (χ3n) is 3.58. The molecule has 1 fully saturated rings. The molecule has 2 rings (SSSR count). The molecule has 6 heteroatoms. The monoisotopic (exact) mass is 263 g/mol. The van der Waals surface area contributed by atoms with Crippen molar-refractivity contribution in [2.75, 3.05) is 12.3 Å². The van der Waals surface area contributed by atoms with Crippen LogP contribution in [0.25, 0.3) is 0 Å². The summed E-state index contributed by atoms with van der Waals surface area (Å²) in [4.78, 5) is 26.6. The summed E-state index contributed by atoms with van der Waals surface area (Å²) < 4.78 is 0. The number of anilines is 1. The summed E-state index contributed by atoms with van der Waals surface area (Å²) in [5.41, 5.74) is 6.00. The Morgan fingerprint density at radius 3 is 2.63 bits per heavy atom. The Morgan fingerprint density at radius 1 is 1.42 bits per heavy atom. The number of nitrogens with one attached hydrogen (secondary N) is 1. The largest absolute Gasteiger partial charge is 0.481 e. The van der Waals surface area contributed by atoms with Gasteiger partial charge in [0.2, 0.25) is 0 Å². The van der Waals surface area contributed by atoms with E-state index in [1.807, 2.05) is 0 Å². The number of carboxylic acid groups (broad SMARTS) is 1. The maximum atomic E-state index is 11.9. The molecule has 1 heterocycles. The highest BCUT2D eigenvalue weighted by Crippen LogP contribution is 2.43. The van der Waals surface area contributed by atoms with Gasteiger partial charge in [0.15, 0.2) is 0 Å². The van der Waals surface area contributed by atoms with E-state index in [0.717, 1.165) is 19.3 Å². The molecule has 0 radical (unpaired) electrons. The van der Waals surface area contributed by atoms with E-state index in [-0.39, 0.29) is 17.7 Å². The van der Waals surface area contributed by atoms with Crippen LogP contribution in [0.5, 0.6) is 0 Å². The minimum Gasteiger partial charge on any atom is -0.481 e. The van der Waals surface area contributed by atoms with Crippen LogP contribution in [0, 0.1) is 5.41 Å². The number of carbonyl (C=O) groups is 2. The normalized spacial score (nSPS) is 16.4. The molecule has 4 N–H and O–H groups in total. The van der Waals surface area contributed by atoms with Crippen LogP contribution in [0.15, 0.2) is 18.3 Å². The number of nitrogen functional groups attached to an aromatic ring is 1. The molecule has 0 atom stereocenters. The van der Waals surface area contributed by atoms with Gasteiger partial charge >= 0.3 is 5.97 Å². The number of carboxylic acids is 1. The molecule has 102 valence electrons. The smallest absolute Gasteiger partial charge is 0.303 e. The van der Waals surface area contributed by atoms with Crippen LogP contribution in [0.4, 0.5) is 5.69 Å². The Morgan fingerprint density at radius 2 is 2.16 bits per heavy atom. The third-order valence-corrected chi connectivity index (χ3v) is 3.58. The highest BCUT2D eigenvalue weighted by Gasteiger charge is 2.39. The number of hydrogen-bond acceptors (Lipinski definition) is 4. The number of carbonyl (C=O) groups excluding carboxylic acids is 1. The van der Waals surface area contributed by atoms with E-state index >= 15 is 0 Å². The van der Waals surface area contributed by atoms with E-state index in [0.29, 0.717) is 17.9 Å². The van der Waals surface area contributed by atoms with E-state index in [1.165, 1.54) is 6.20 Å². The van der Waals surface area contributed by atoms with Gasteiger partial charge in [-0.2, -0.15) is 0 Å². The van der Waals surface area contributed by atoms with Crippen LogP contribution >= 0.6 is 0 Å². The molecular weight excluding hydrogens is 246 g/mol. The maximum Gasteiger partial charge on any atom is 0.303 e. The van der Waals surface area contributed by atoms with Gasteiger partial charge in [0.25, 0.3) is 5.91 Å². The fourth-order valence-corrected chi connectivity index (χ4v) is 2.31. The van der Waals surface area contributed by atoms with Crippen molar-refractivity contribution >= 4 is 17.6 Å². The van der Waals surface area contributed by atoms with Crippen molar-refractivity contribution in [3.05, 3.63) is 24.0 Å². The molecule has 0 bridgehead atoms. The average Bonchev–Trinajstić information content (AvgIpc) is 2.32. The molecule has 0 aromatic carbocycles. The van der Waals surface area contributed by atoms with Crippen LogP contribution in [-0.2, 0) is 4.79 Å². The van der Waals surface area contributed by atoms with Crippen LogP contribution in [0.1, 0.15) is 36.2 Å². The van der Waals surface area contributed by atoms with Crippen molar-refractivity contribution in [3.8, 4) is 0 Å². The van der Waals surface area contributed by atoms with Crippen LogP contribution in [-0.4, -0.2) is 28.5 Å². The van der Waals surface area contributed by atoms with Gasteiger partial charge in [-0.3, -0.25) is 9.59 Å². The van der Waals surface area contributed by atoms with E-state index in [9.17, 15) is 9.59 Å². The zero-order chi connectivity index (χ0) is 13.9. The second kappa shape index (κ2) is 5.26. The van der Waals surface area contributed by atoms with Gasteiger partial charge in [-0.15, -0.1) is 0 Å². The molecule has 0 unspecified atom stereocenters. The molecule has 1 aromatic heterocycles. The molecule has 1 aliphatic rings. The first kappa shape index (κ1) is 13.3. The molecule has 19 heavy (non-hydrogen) atoms. The van der Waals surface area contributed by atoms with E-state index in [1.54, 1.807) is 12.1 Å². The lowest BCUT2D eigenvalue weighted by molar-refractivity contribution is -0.141. The highest BCUT2D eigenvalue weighted by molar-refractivity contribution is 5.92. The molecule has 1 saturated carbocycles. The summed E-state index contributed by atoms with van der Waals surface area (Å²) in [6, 6.07) is 3.16. The number of aliphatic carboxylic acids is 1. The van der Waals surface area contributed by atoms with Crippen molar-refractivity contribution in [2.45, 2.75) is 25.7 Å². The Bertz CT molecular complexity index is 480. The van der Waals surface area contributed by atoms with Gasteiger partial charge in [-0.25, -0.2) is 4.98 Å². The number of pyridine rings is 1. The number of nitrogens with zero attached hydrogens (tertiary/aromatic N) is 1. The van der Waals surface area contributed by atoms with E-state index in [4.69, 9.17) is 10.8 Å². The number of amides is 1. The topological polar surface area (TPSA) is 105 Å². The average molecular weight is 263 g/mol. The quantitative estimate of drug-likeness (QED) is 0.736. The van der Waals surface area contributed by atoms with Crippen molar-refractivity contribution < 1.29 is 14.7 Å². The summed E-state index contributed by atoms with van der Waals surface area (Å²) in [6.07, 6.45) is 4.22. The Balaban J connectivity index is 1.92. The van der Waals surface area contributed by atoms with Gasteiger partial charge in [-0.05, 0) is 30.4 Å². The minimum absolute atomic E-state index is 0.0996. The zero-order valence-electron chi connectivity index (χ0n) is 10.6. The molecule has 0 spiro atoms. The van der Waals surface area contributed by atoms with Crippen molar-refractivity contribution in [2.24, 2.45) is 5.41 Å². The zero-order valence-corrected chi connectivity index (χ0v) is 10.6. The lowest BCUT2D eigenvalue weighted by atomic mass is 9.66. The van der Waals surface area contributed by atoms with Gasteiger partial charge < -0.3 is 16.2 Å². The van der Waals surface area contributed by atoms with Crippen LogP contribution < -0.4 is 11.1 Å². The Labute approximate surface area is 111 Å². The van der Waals surface area contributed by atoms with E-state index < -0.39 is 5.97 Å². The van der Waals surface area contributed by atoms with Gasteiger partial charge in [0.05, 0.1) is 18.3 Å². The van der Waals surface area contributed by atoms with Crippen LogP contribution in [0.3, 0.4) is 0 Å². The third kappa shape index (κ3) is 3.21.